The lowest BCUT2D eigenvalue weighted by molar-refractivity contribution is 0.0213. The van der Waals surface area contributed by atoms with Crippen molar-refractivity contribution in [1.29, 1.82) is 0 Å². The first-order chi connectivity index (χ1) is 7.65. The first kappa shape index (κ1) is 9.91. The van der Waals surface area contributed by atoms with E-state index in [4.69, 9.17) is 4.42 Å². The van der Waals surface area contributed by atoms with Crippen molar-refractivity contribution in [2.45, 2.75) is 31.8 Å². The zero-order valence-corrected chi connectivity index (χ0v) is 9.44. The van der Waals surface area contributed by atoms with Gasteiger partial charge in [-0.2, -0.15) is 0 Å². The fourth-order valence-electron chi connectivity index (χ4n) is 2.23. The van der Waals surface area contributed by atoms with Gasteiger partial charge in [0.1, 0.15) is 16.9 Å². The first-order valence-electron chi connectivity index (χ1n) is 5.86. The van der Waals surface area contributed by atoms with Gasteiger partial charge in [-0.25, -0.2) is 0 Å². The van der Waals surface area contributed by atoms with Crippen molar-refractivity contribution in [3.63, 3.8) is 0 Å². The molecule has 1 aromatic heterocycles. The van der Waals surface area contributed by atoms with Crippen LogP contribution < -0.4 is 0 Å². The summed E-state index contributed by atoms with van der Waals surface area (Å²) in [5.74, 6) is 1.38. The monoisotopic (exact) mass is 216 g/mol. The quantitative estimate of drug-likeness (QED) is 0.852. The second-order valence-corrected chi connectivity index (χ2v) is 5.07. The van der Waals surface area contributed by atoms with Gasteiger partial charge in [-0.3, -0.25) is 0 Å². The Morgan fingerprint density at radius 3 is 2.81 bits per heavy atom. The predicted octanol–water partition coefficient (Wildman–Crippen LogP) is 3.44. The SMILES string of the molecule is CC(O)(CC1CC1)c1cc2ccccc2o1. The van der Waals surface area contributed by atoms with Crippen LogP contribution in [0.25, 0.3) is 11.0 Å². The zero-order valence-electron chi connectivity index (χ0n) is 9.44. The molecular weight excluding hydrogens is 200 g/mol. The Balaban J connectivity index is 1.97. The van der Waals surface area contributed by atoms with Crippen LogP contribution in [-0.4, -0.2) is 5.11 Å². The summed E-state index contributed by atoms with van der Waals surface area (Å²) in [5.41, 5.74) is 0.0359. The van der Waals surface area contributed by atoms with Gasteiger partial charge in [0.05, 0.1) is 0 Å². The average Bonchev–Trinajstić information content (AvgIpc) is 2.94. The number of para-hydroxylation sites is 1. The van der Waals surface area contributed by atoms with E-state index in [0.29, 0.717) is 11.7 Å². The number of furan rings is 1. The van der Waals surface area contributed by atoms with Gasteiger partial charge in [-0.15, -0.1) is 0 Å². The molecule has 1 unspecified atom stereocenters. The molecule has 2 heteroatoms. The van der Waals surface area contributed by atoms with E-state index in [-0.39, 0.29) is 0 Å². The number of aliphatic hydroxyl groups is 1. The summed E-state index contributed by atoms with van der Waals surface area (Å²) in [6, 6.07) is 9.84. The molecule has 16 heavy (non-hydrogen) atoms. The maximum absolute atomic E-state index is 10.4. The highest BCUT2D eigenvalue weighted by atomic mass is 16.4. The lowest BCUT2D eigenvalue weighted by Crippen LogP contribution is -2.20. The van der Waals surface area contributed by atoms with Gasteiger partial charge in [0, 0.05) is 5.39 Å². The van der Waals surface area contributed by atoms with Crippen LogP contribution in [0.4, 0.5) is 0 Å². The maximum Gasteiger partial charge on any atom is 0.136 e. The Bertz CT molecular complexity index is 473. The zero-order chi connectivity index (χ0) is 11.2. The van der Waals surface area contributed by atoms with Gasteiger partial charge in [-0.1, -0.05) is 31.0 Å². The third-order valence-corrected chi connectivity index (χ3v) is 3.34. The molecule has 0 amide bonds. The predicted molar refractivity (Wildman–Crippen MR) is 63.1 cm³/mol. The van der Waals surface area contributed by atoms with Gasteiger partial charge >= 0.3 is 0 Å². The number of fused-ring (bicyclic) bond motifs is 1. The van der Waals surface area contributed by atoms with Gasteiger partial charge in [0.25, 0.3) is 0 Å². The summed E-state index contributed by atoms with van der Waals surface area (Å²) in [4.78, 5) is 0. The fraction of sp³-hybridized carbons (Fsp3) is 0.429. The molecule has 0 radical (unpaired) electrons. The second-order valence-electron chi connectivity index (χ2n) is 5.07. The molecule has 84 valence electrons. The van der Waals surface area contributed by atoms with Gasteiger partial charge in [0.15, 0.2) is 0 Å². The normalized spacial score (nSPS) is 19.9. The van der Waals surface area contributed by atoms with E-state index in [1.165, 1.54) is 12.8 Å². The molecule has 2 nitrogen and oxygen atoms in total. The third-order valence-electron chi connectivity index (χ3n) is 3.34. The molecule has 0 aliphatic heterocycles. The molecule has 1 fully saturated rings. The molecule has 2 aromatic rings. The Hall–Kier alpha value is -1.28. The summed E-state index contributed by atoms with van der Waals surface area (Å²) in [5, 5.41) is 11.5. The molecule has 1 N–H and O–H groups in total. The van der Waals surface area contributed by atoms with Crippen LogP contribution in [0.2, 0.25) is 0 Å². The van der Waals surface area contributed by atoms with E-state index in [1.807, 2.05) is 37.3 Å². The fourth-order valence-corrected chi connectivity index (χ4v) is 2.23. The topological polar surface area (TPSA) is 33.4 Å². The summed E-state index contributed by atoms with van der Waals surface area (Å²) in [7, 11) is 0. The smallest absolute Gasteiger partial charge is 0.136 e. The molecule has 1 heterocycles. The molecule has 1 aliphatic carbocycles. The van der Waals surface area contributed by atoms with Crippen molar-refractivity contribution < 1.29 is 9.52 Å². The largest absolute Gasteiger partial charge is 0.458 e. The standard InChI is InChI=1S/C14H16O2/c1-14(15,9-10-6-7-10)13-8-11-4-2-3-5-12(11)16-13/h2-5,8,10,15H,6-7,9H2,1H3. The molecule has 1 aromatic carbocycles. The minimum Gasteiger partial charge on any atom is -0.458 e. The Morgan fingerprint density at radius 2 is 2.12 bits per heavy atom. The first-order valence-corrected chi connectivity index (χ1v) is 5.86. The van der Waals surface area contributed by atoms with E-state index in [1.54, 1.807) is 0 Å². The highest BCUT2D eigenvalue weighted by molar-refractivity contribution is 5.77. The molecule has 1 aliphatic rings. The van der Waals surface area contributed by atoms with Crippen molar-refractivity contribution in [2.75, 3.05) is 0 Å². The minimum absolute atomic E-state index is 0.684. The molecular formula is C14H16O2. The number of benzene rings is 1. The van der Waals surface area contributed by atoms with Crippen molar-refractivity contribution in [3.05, 3.63) is 36.1 Å². The van der Waals surface area contributed by atoms with Crippen LogP contribution in [0.5, 0.6) is 0 Å². The van der Waals surface area contributed by atoms with Crippen LogP contribution in [0, 0.1) is 5.92 Å². The summed E-state index contributed by atoms with van der Waals surface area (Å²) >= 11 is 0. The molecule has 0 saturated heterocycles. The lowest BCUT2D eigenvalue weighted by atomic mass is 9.96. The van der Waals surface area contributed by atoms with Crippen LogP contribution >= 0.6 is 0 Å². The average molecular weight is 216 g/mol. The number of rotatable bonds is 3. The van der Waals surface area contributed by atoms with Crippen LogP contribution in [0.1, 0.15) is 31.9 Å². The van der Waals surface area contributed by atoms with E-state index < -0.39 is 5.60 Å². The summed E-state index contributed by atoms with van der Waals surface area (Å²) in [6.45, 7) is 1.85. The van der Waals surface area contributed by atoms with E-state index in [2.05, 4.69) is 0 Å². The molecule has 0 bridgehead atoms. The van der Waals surface area contributed by atoms with Crippen molar-refractivity contribution >= 4 is 11.0 Å². The highest BCUT2D eigenvalue weighted by Gasteiger charge is 2.35. The summed E-state index contributed by atoms with van der Waals surface area (Å²) in [6.07, 6.45) is 3.31. The minimum atomic E-state index is -0.819. The summed E-state index contributed by atoms with van der Waals surface area (Å²) < 4.78 is 5.71. The number of hydrogen-bond acceptors (Lipinski definition) is 2. The van der Waals surface area contributed by atoms with Gasteiger partial charge in [-0.05, 0) is 31.4 Å². The second kappa shape index (κ2) is 3.36. The molecule has 0 spiro atoms. The van der Waals surface area contributed by atoms with Crippen LogP contribution in [0.3, 0.4) is 0 Å². The number of hydrogen-bond donors (Lipinski definition) is 1. The molecule has 1 saturated carbocycles. The Labute approximate surface area is 94.9 Å². The van der Waals surface area contributed by atoms with Crippen molar-refractivity contribution in [1.82, 2.24) is 0 Å². The Morgan fingerprint density at radius 1 is 1.38 bits per heavy atom. The van der Waals surface area contributed by atoms with E-state index in [9.17, 15) is 5.11 Å². The molecule has 3 rings (SSSR count). The molecule has 1 atom stereocenters. The van der Waals surface area contributed by atoms with Gasteiger partial charge in [0.2, 0.25) is 0 Å². The highest BCUT2D eigenvalue weighted by Crippen LogP contribution is 2.41. The lowest BCUT2D eigenvalue weighted by Gasteiger charge is -2.20. The Kier molecular flexibility index (Phi) is 2.08. The van der Waals surface area contributed by atoms with Gasteiger partial charge < -0.3 is 9.52 Å². The van der Waals surface area contributed by atoms with E-state index in [0.717, 1.165) is 17.4 Å². The van der Waals surface area contributed by atoms with Crippen molar-refractivity contribution in [2.24, 2.45) is 5.92 Å². The third kappa shape index (κ3) is 1.74. The van der Waals surface area contributed by atoms with Crippen LogP contribution in [-0.2, 0) is 5.60 Å². The van der Waals surface area contributed by atoms with E-state index >= 15 is 0 Å². The van der Waals surface area contributed by atoms with Crippen LogP contribution in [0.15, 0.2) is 34.7 Å². The van der Waals surface area contributed by atoms with Crippen molar-refractivity contribution in [3.8, 4) is 0 Å². The maximum atomic E-state index is 10.4.